The number of hydrogen-bond donors (Lipinski definition) is 0. The maximum absolute atomic E-state index is 7.90. The van der Waals surface area contributed by atoms with Crippen LogP contribution < -0.4 is 0 Å². The molecule has 235 valence electrons. The summed E-state index contributed by atoms with van der Waals surface area (Å²) < 4.78 is 70.6. The molecule has 4 aromatic carbocycles. The second kappa shape index (κ2) is 14.3. The Morgan fingerprint density at radius 3 is 2.15 bits per heavy atom. The molecule has 3 nitrogen and oxygen atoms in total. The zero-order valence-electron chi connectivity index (χ0n) is 35.0. The molecule has 3 aromatic heterocycles. The standard InChI is InChI=1S/C28H27N2S.C13H12N.Ir/c1-17(2)20-9-8-10-21(18(3)4)27(20)30-25-12-7-6-11-24(25)29-28(30)23-16-31-26-14-13-19(5)15-22(23)26;1-10-3-6-12(7-4-10)13-8-5-11(2)9-14-13;/h6-15,17-18H,1-5H3;3-6,8-9H,1-2H3;/q2*-1;/i5D3;1D3,2D3;. The van der Waals surface area contributed by atoms with E-state index >= 15 is 0 Å². The summed E-state index contributed by atoms with van der Waals surface area (Å²) in [4.78, 5) is 9.15. The zero-order chi connectivity index (χ0) is 39.2. The smallest absolute Gasteiger partial charge is 0.0774 e. The summed E-state index contributed by atoms with van der Waals surface area (Å²) in [7, 11) is 0. The Balaban J connectivity index is 0.000000237. The Hall–Kier alpha value is -3.89. The van der Waals surface area contributed by atoms with Gasteiger partial charge in [-0.3, -0.25) is 16.3 Å². The van der Waals surface area contributed by atoms with E-state index in [-0.39, 0.29) is 31.2 Å². The van der Waals surface area contributed by atoms with E-state index in [2.05, 4.69) is 73.0 Å². The van der Waals surface area contributed by atoms with Crippen LogP contribution in [-0.2, 0) is 20.1 Å². The van der Waals surface area contributed by atoms with E-state index in [9.17, 15) is 0 Å². The molecular formula is C41H39IrN3S-2. The molecule has 0 atom stereocenters. The van der Waals surface area contributed by atoms with Crippen molar-refractivity contribution in [2.24, 2.45) is 0 Å². The van der Waals surface area contributed by atoms with Gasteiger partial charge in [-0.25, -0.2) is 0 Å². The first-order valence-corrected chi connectivity index (χ1v) is 15.7. The third kappa shape index (κ3) is 6.78. The van der Waals surface area contributed by atoms with Crippen LogP contribution in [0.25, 0.3) is 49.5 Å². The van der Waals surface area contributed by atoms with Crippen molar-refractivity contribution in [3.63, 3.8) is 0 Å². The van der Waals surface area contributed by atoms with Gasteiger partial charge in [-0.05, 0) is 60.1 Å². The molecule has 7 rings (SSSR count). The minimum Gasteiger partial charge on any atom is -0.333 e. The molecule has 7 aromatic rings. The number of pyridine rings is 1. The second-order valence-electron chi connectivity index (χ2n) is 11.6. The maximum atomic E-state index is 7.90. The van der Waals surface area contributed by atoms with Crippen molar-refractivity contribution in [3.8, 4) is 28.3 Å². The van der Waals surface area contributed by atoms with E-state index in [0.29, 0.717) is 28.7 Å². The molecule has 0 N–H and O–H groups in total. The molecule has 0 aliphatic carbocycles. The summed E-state index contributed by atoms with van der Waals surface area (Å²) in [6.07, 6.45) is 1.30. The summed E-state index contributed by atoms with van der Waals surface area (Å²) in [6, 6.07) is 30.5. The number of aromatic nitrogens is 3. The van der Waals surface area contributed by atoms with Crippen LogP contribution in [0.1, 0.15) is 79.7 Å². The van der Waals surface area contributed by atoms with Gasteiger partial charge in [0.05, 0.1) is 16.9 Å². The fourth-order valence-corrected chi connectivity index (χ4v) is 6.29. The van der Waals surface area contributed by atoms with Gasteiger partial charge < -0.3 is 9.55 Å². The van der Waals surface area contributed by atoms with Crippen molar-refractivity contribution in [2.75, 3.05) is 0 Å². The van der Waals surface area contributed by atoms with Gasteiger partial charge in [0.2, 0.25) is 0 Å². The minimum atomic E-state index is -2.18. The van der Waals surface area contributed by atoms with Crippen molar-refractivity contribution in [2.45, 2.75) is 60.1 Å². The molecule has 0 bridgehead atoms. The van der Waals surface area contributed by atoms with Gasteiger partial charge in [0.25, 0.3) is 0 Å². The van der Waals surface area contributed by atoms with Crippen LogP contribution in [0, 0.1) is 32.0 Å². The molecule has 46 heavy (non-hydrogen) atoms. The first kappa shape index (κ1) is 23.4. The average molecular weight is 807 g/mol. The van der Waals surface area contributed by atoms with Gasteiger partial charge >= 0.3 is 0 Å². The Labute approximate surface area is 303 Å². The molecule has 0 spiro atoms. The summed E-state index contributed by atoms with van der Waals surface area (Å²) >= 11 is 1.50. The van der Waals surface area contributed by atoms with Crippen molar-refractivity contribution < 1.29 is 32.4 Å². The quantitative estimate of drug-likeness (QED) is 0.162. The molecule has 0 saturated heterocycles. The van der Waals surface area contributed by atoms with Crippen molar-refractivity contribution in [1.29, 1.82) is 0 Å². The van der Waals surface area contributed by atoms with Gasteiger partial charge in [0.15, 0.2) is 0 Å². The summed E-state index contributed by atoms with van der Waals surface area (Å²) in [6.45, 7) is 2.37. The van der Waals surface area contributed by atoms with Crippen LogP contribution in [0.5, 0.6) is 0 Å². The molecule has 5 heteroatoms. The van der Waals surface area contributed by atoms with E-state index in [1.807, 2.05) is 24.3 Å². The van der Waals surface area contributed by atoms with Crippen molar-refractivity contribution in [3.05, 3.63) is 136 Å². The summed E-state index contributed by atoms with van der Waals surface area (Å²) in [5, 5.41) is 4.33. The van der Waals surface area contributed by atoms with Gasteiger partial charge in [0, 0.05) is 44.3 Å². The molecule has 0 saturated carbocycles. The van der Waals surface area contributed by atoms with Crippen LogP contribution in [-0.4, -0.2) is 14.5 Å². The number of rotatable bonds is 5. The number of thiophene rings is 1. The predicted molar refractivity (Wildman–Crippen MR) is 192 cm³/mol. The average Bonchev–Trinajstić information content (AvgIpc) is 3.71. The Morgan fingerprint density at radius 1 is 0.783 bits per heavy atom. The Morgan fingerprint density at radius 2 is 1.50 bits per heavy atom. The van der Waals surface area contributed by atoms with E-state index in [0.717, 1.165) is 38.2 Å². The number of imidazole rings is 1. The first-order chi connectivity index (χ1) is 25.3. The fraction of sp³-hybridized carbons (Fsp3) is 0.220. The number of hydrogen-bond acceptors (Lipinski definition) is 3. The van der Waals surface area contributed by atoms with E-state index in [1.165, 1.54) is 46.9 Å². The number of nitrogens with zero attached hydrogens (tertiary/aromatic N) is 3. The third-order valence-electron chi connectivity index (χ3n) is 7.71. The van der Waals surface area contributed by atoms with Crippen LogP contribution in [0.2, 0.25) is 0 Å². The van der Waals surface area contributed by atoms with Crippen LogP contribution in [0.15, 0.2) is 97.2 Å². The van der Waals surface area contributed by atoms with E-state index < -0.39 is 20.6 Å². The van der Waals surface area contributed by atoms with Crippen LogP contribution >= 0.6 is 11.3 Å². The monoisotopic (exact) mass is 807 g/mol. The minimum absolute atomic E-state index is 0. The van der Waals surface area contributed by atoms with Gasteiger partial charge in [0.1, 0.15) is 0 Å². The molecule has 0 aliphatic heterocycles. The number of benzene rings is 4. The zero-order valence-corrected chi connectivity index (χ0v) is 29.2. The Bertz CT molecular complexity index is 2320. The fourth-order valence-electron chi connectivity index (χ4n) is 5.47. The maximum Gasteiger partial charge on any atom is 0.0774 e. The van der Waals surface area contributed by atoms with Gasteiger partial charge in [-0.1, -0.05) is 110 Å². The van der Waals surface area contributed by atoms with Crippen molar-refractivity contribution in [1.82, 2.24) is 14.5 Å². The molecule has 0 amide bonds. The second-order valence-corrected chi connectivity index (χ2v) is 12.4. The molecule has 1 radical (unpaired) electrons. The molecule has 0 unspecified atom stereocenters. The SMILES string of the molecule is [2H]C([2H])([2H])c1c[c-]c(-c2ccc(C([2H])([2H])[2H])cn2)cc1.[2H]C([2H])([2H])c1ccc2s[c-]c(-c3nc4ccccc4n3-c3c(C(C)C)cccc3C(C)C)c2c1.[Ir]. The van der Waals surface area contributed by atoms with Gasteiger partial charge in [-0.2, -0.15) is 0 Å². The number of aryl methyl sites for hydroxylation is 3. The summed E-state index contributed by atoms with van der Waals surface area (Å²) in [5.74, 6) is 1.45. The van der Waals surface area contributed by atoms with E-state index in [4.69, 9.17) is 17.3 Å². The molecule has 0 fully saturated rings. The number of fused-ring (bicyclic) bond motifs is 2. The predicted octanol–water partition coefficient (Wildman–Crippen LogP) is 11.4. The normalized spacial score (nSPS) is 14.9. The third-order valence-corrected chi connectivity index (χ3v) is 8.60. The topological polar surface area (TPSA) is 30.7 Å². The van der Waals surface area contributed by atoms with Crippen LogP contribution in [0.3, 0.4) is 0 Å². The summed E-state index contributed by atoms with van der Waals surface area (Å²) in [5.41, 5.74) is 8.35. The van der Waals surface area contributed by atoms with Crippen LogP contribution in [0.4, 0.5) is 0 Å². The number of para-hydroxylation sites is 3. The van der Waals surface area contributed by atoms with Crippen molar-refractivity contribution >= 4 is 32.5 Å². The first-order valence-electron chi connectivity index (χ1n) is 19.4. The Kier molecular flexibility index (Phi) is 7.26. The van der Waals surface area contributed by atoms with Gasteiger partial charge in [-0.15, -0.1) is 46.8 Å². The molecular weight excluding hydrogens is 759 g/mol. The largest absolute Gasteiger partial charge is 0.333 e. The molecule has 0 aliphatic rings. The van der Waals surface area contributed by atoms with E-state index in [1.54, 1.807) is 24.3 Å². The molecule has 3 heterocycles.